The van der Waals surface area contributed by atoms with Crippen LogP contribution in [0.25, 0.3) is 16.9 Å². The molecule has 1 N–H and O–H groups in total. The van der Waals surface area contributed by atoms with Gasteiger partial charge in [-0.1, -0.05) is 29.8 Å². The third kappa shape index (κ3) is 8.46. The number of nitrogens with one attached hydrogen (secondary N) is 1. The Bertz CT molecular complexity index is 1610. The molecular weight excluding hydrogens is 609 g/mol. The molecule has 0 saturated carbocycles. The van der Waals surface area contributed by atoms with Gasteiger partial charge in [0.2, 0.25) is 0 Å². The molecule has 3 aromatic rings. The van der Waals surface area contributed by atoms with Crippen LogP contribution in [0.4, 0.5) is 18.0 Å². The van der Waals surface area contributed by atoms with E-state index in [1.165, 1.54) is 26.0 Å². The molecule has 0 aliphatic carbocycles. The number of carbonyl (C=O) groups excluding carboxylic acids is 2. The van der Waals surface area contributed by atoms with Gasteiger partial charge in [-0.05, 0) is 48.9 Å². The average molecular weight is 639 g/mol. The summed E-state index contributed by atoms with van der Waals surface area (Å²) in [5, 5.41) is 12.6. The molecule has 0 spiro atoms. The molecule has 0 radical (unpaired) electrons. The van der Waals surface area contributed by atoms with Gasteiger partial charge in [0.1, 0.15) is 0 Å². The highest BCUT2D eigenvalue weighted by atomic mass is 32.2. The number of nitrogens with zero attached hydrogens (tertiary/aromatic N) is 5. The van der Waals surface area contributed by atoms with Crippen LogP contribution in [0.15, 0.2) is 70.0 Å². The summed E-state index contributed by atoms with van der Waals surface area (Å²) in [5.74, 6) is -0.695. The highest BCUT2D eigenvalue weighted by Gasteiger charge is 2.35. The first-order valence-electron chi connectivity index (χ1n) is 13.2. The summed E-state index contributed by atoms with van der Waals surface area (Å²) in [6.07, 6.45) is -6.23. The molecule has 4 rings (SSSR count). The van der Waals surface area contributed by atoms with Crippen LogP contribution in [0.5, 0.6) is 0 Å². The van der Waals surface area contributed by atoms with E-state index < -0.39 is 40.2 Å². The molecule has 13 nitrogen and oxygen atoms in total. The SMILES string of the molecule is CC(=O)OC(C)ON=NN1CCC(COC(=O)NS(=O)(=O)c2ccc(-n3nc(C(F)(F)F)cc3-c3ccc(C)cc3)cc2)C1. The van der Waals surface area contributed by atoms with Crippen molar-refractivity contribution in [2.45, 2.75) is 44.6 Å². The first kappa shape index (κ1) is 32.2. The lowest BCUT2D eigenvalue weighted by molar-refractivity contribution is -0.175. The van der Waals surface area contributed by atoms with Gasteiger partial charge in [-0.3, -0.25) is 9.80 Å². The normalized spacial score (nSPS) is 16.1. The van der Waals surface area contributed by atoms with Crippen LogP contribution >= 0.6 is 0 Å². The lowest BCUT2D eigenvalue weighted by atomic mass is 10.1. The summed E-state index contributed by atoms with van der Waals surface area (Å²) < 4.78 is 78.7. The number of hydrogen-bond acceptors (Lipinski definition) is 10. The molecule has 2 aromatic carbocycles. The Hall–Kier alpha value is -4.67. The Labute approximate surface area is 250 Å². The van der Waals surface area contributed by atoms with Crippen molar-refractivity contribution in [1.29, 1.82) is 0 Å². The maximum Gasteiger partial charge on any atom is 0.435 e. The number of halogens is 3. The molecule has 1 fully saturated rings. The lowest BCUT2D eigenvalue weighted by Crippen LogP contribution is -2.32. The molecule has 2 heterocycles. The summed E-state index contributed by atoms with van der Waals surface area (Å²) in [6.45, 7) is 5.27. The van der Waals surface area contributed by atoms with Crippen molar-refractivity contribution in [2.75, 3.05) is 19.7 Å². The quantitative estimate of drug-likeness (QED) is 0.143. The predicted molar refractivity (Wildman–Crippen MR) is 147 cm³/mol. The Kier molecular flexibility index (Phi) is 9.76. The van der Waals surface area contributed by atoms with Crippen molar-refractivity contribution in [3.05, 3.63) is 65.9 Å². The summed E-state index contributed by atoms with van der Waals surface area (Å²) in [5.41, 5.74) is 0.625. The van der Waals surface area contributed by atoms with E-state index in [2.05, 4.69) is 15.6 Å². The number of carbonyl (C=O) groups is 2. The number of alkyl halides is 3. The minimum absolute atomic E-state index is 0.0976. The molecule has 2 atom stereocenters. The van der Waals surface area contributed by atoms with Gasteiger partial charge in [0.15, 0.2) is 5.69 Å². The van der Waals surface area contributed by atoms with Crippen molar-refractivity contribution in [3.63, 3.8) is 0 Å². The molecular formula is C27H29F3N6O7S. The highest BCUT2D eigenvalue weighted by Crippen LogP contribution is 2.33. The largest absolute Gasteiger partial charge is 0.448 e. The van der Waals surface area contributed by atoms with E-state index in [1.54, 1.807) is 29.3 Å². The topological polar surface area (TPSA) is 154 Å². The number of rotatable bonds is 10. The van der Waals surface area contributed by atoms with Crippen LogP contribution in [-0.2, 0) is 35.3 Å². The van der Waals surface area contributed by atoms with Crippen LogP contribution < -0.4 is 4.72 Å². The van der Waals surface area contributed by atoms with Gasteiger partial charge in [0.25, 0.3) is 16.3 Å². The fourth-order valence-corrected chi connectivity index (χ4v) is 5.12. The van der Waals surface area contributed by atoms with Gasteiger partial charge in [-0.15, -0.1) is 0 Å². The maximum atomic E-state index is 13.5. The van der Waals surface area contributed by atoms with E-state index in [0.29, 0.717) is 25.1 Å². The van der Waals surface area contributed by atoms with Crippen molar-refractivity contribution in [1.82, 2.24) is 19.5 Å². The number of esters is 1. The summed E-state index contributed by atoms with van der Waals surface area (Å²) in [7, 11) is -4.36. The zero-order valence-corrected chi connectivity index (χ0v) is 24.6. The van der Waals surface area contributed by atoms with E-state index in [0.717, 1.165) is 28.4 Å². The van der Waals surface area contributed by atoms with Crippen LogP contribution in [0.2, 0.25) is 0 Å². The van der Waals surface area contributed by atoms with Gasteiger partial charge >= 0.3 is 18.2 Å². The van der Waals surface area contributed by atoms with Crippen LogP contribution in [0, 0.1) is 12.8 Å². The summed E-state index contributed by atoms with van der Waals surface area (Å²) in [6, 6.07) is 12.6. The second-order valence-electron chi connectivity index (χ2n) is 9.91. The molecule has 236 valence electrons. The average Bonchev–Trinajstić information content (AvgIpc) is 3.60. The minimum Gasteiger partial charge on any atom is -0.448 e. The summed E-state index contributed by atoms with van der Waals surface area (Å²) >= 11 is 0. The van der Waals surface area contributed by atoms with E-state index in [4.69, 9.17) is 14.3 Å². The van der Waals surface area contributed by atoms with Gasteiger partial charge in [-0.2, -0.15) is 18.3 Å². The zero-order chi connectivity index (χ0) is 32.1. The molecule has 1 amide bonds. The minimum atomic E-state index is -4.70. The molecule has 44 heavy (non-hydrogen) atoms. The number of benzene rings is 2. The molecule has 2 unspecified atom stereocenters. The number of hydrogen-bond donors (Lipinski definition) is 1. The van der Waals surface area contributed by atoms with Crippen LogP contribution in [0.1, 0.15) is 31.5 Å². The first-order valence-corrected chi connectivity index (χ1v) is 14.7. The fraction of sp³-hybridized carbons (Fsp3) is 0.370. The molecule has 0 bridgehead atoms. The van der Waals surface area contributed by atoms with E-state index >= 15 is 0 Å². The van der Waals surface area contributed by atoms with Gasteiger partial charge < -0.3 is 14.3 Å². The van der Waals surface area contributed by atoms with Crippen LogP contribution in [-0.4, -0.2) is 61.3 Å². The number of sulfonamides is 1. The Balaban J connectivity index is 1.35. The number of aryl methyl sites for hydroxylation is 1. The van der Waals surface area contributed by atoms with Crippen molar-refractivity contribution < 1.29 is 45.5 Å². The Morgan fingerprint density at radius 3 is 2.45 bits per heavy atom. The molecule has 17 heteroatoms. The highest BCUT2D eigenvalue weighted by molar-refractivity contribution is 7.90. The second-order valence-corrected chi connectivity index (χ2v) is 11.6. The first-order chi connectivity index (χ1) is 20.7. The zero-order valence-electron chi connectivity index (χ0n) is 23.8. The van der Waals surface area contributed by atoms with E-state index in [-0.39, 0.29) is 28.8 Å². The predicted octanol–water partition coefficient (Wildman–Crippen LogP) is 4.81. The van der Waals surface area contributed by atoms with E-state index in [1.807, 2.05) is 11.6 Å². The van der Waals surface area contributed by atoms with Crippen molar-refractivity contribution in [3.8, 4) is 16.9 Å². The van der Waals surface area contributed by atoms with Crippen molar-refractivity contribution >= 4 is 22.1 Å². The third-order valence-corrected chi connectivity index (χ3v) is 7.69. The molecule has 1 aliphatic heterocycles. The van der Waals surface area contributed by atoms with Gasteiger partial charge in [0.05, 0.1) is 22.9 Å². The van der Waals surface area contributed by atoms with Crippen LogP contribution in [0.3, 0.4) is 0 Å². The Morgan fingerprint density at radius 1 is 1.14 bits per heavy atom. The Morgan fingerprint density at radius 2 is 1.82 bits per heavy atom. The standard InChI is InChI=1S/C27H29F3N6O7S/c1-17-4-6-21(7-5-17)24-14-25(27(28,29)30)31-36(24)22-8-10-23(11-9-22)44(39,40)32-26(38)41-16-20-12-13-35(15-20)33-34-43-19(3)42-18(2)37/h4-11,14,19-20H,12-13,15-16H2,1-3H3,(H,32,38). The van der Waals surface area contributed by atoms with Crippen molar-refractivity contribution in [2.24, 2.45) is 16.4 Å². The number of aromatic nitrogens is 2. The fourth-order valence-electron chi connectivity index (χ4n) is 4.23. The number of ether oxygens (including phenoxy) is 2. The molecule has 1 saturated heterocycles. The molecule has 1 aliphatic rings. The second kappa shape index (κ2) is 13.3. The maximum absolute atomic E-state index is 13.5. The smallest absolute Gasteiger partial charge is 0.435 e. The summed E-state index contributed by atoms with van der Waals surface area (Å²) in [4.78, 5) is 27.7. The third-order valence-electron chi connectivity index (χ3n) is 6.36. The molecule has 1 aromatic heterocycles. The van der Waals surface area contributed by atoms with Gasteiger partial charge in [-0.25, -0.2) is 22.6 Å². The number of amides is 1. The lowest BCUT2D eigenvalue weighted by Gasteiger charge is -2.13. The van der Waals surface area contributed by atoms with Gasteiger partial charge in [0, 0.05) is 43.7 Å². The monoisotopic (exact) mass is 638 g/mol. The van der Waals surface area contributed by atoms with E-state index in [9.17, 15) is 31.2 Å².